The van der Waals surface area contributed by atoms with Gasteiger partial charge < -0.3 is 0 Å². The summed E-state index contributed by atoms with van der Waals surface area (Å²) in [6.07, 6.45) is 1.77. The summed E-state index contributed by atoms with van der Waals surface area (Å²) in [7, 11) is -3.60. The van der Waals surface area contributed by atoms with Crippen LogP contribution in [0.2, 0.25) is 5.02 Å². The van der Waals surface area contributed by atoms with Crippen LogP contribution in [0.15, 0.2) is 83.8 Å². The first-order chi connectivity index (χ1) is 16.9. The van der Waals surface area contributed by atoms with Gasteiger partial charge in [-0.05, 0) is 61.1 Å². The van der Waals surface area contributed by atoms with Gasteiger partial charge in [0.1, 0.15) is 0 Å². The van der Waals surface area contributed by atoms with Crippen LogP contribution in [-0.2, 0) is 16.4 Å². The maximum atomic E-state index is 13.9. The van der Waals surface area contributed by atoms with Crippen molar-refractivity contribution in [3.8, 4) is 0 Å². The van der Waals surface area contributed by atoms with Crippen molar-refractivity contribution >= 4 is 33.4 Å². The van der Waals surface area contributed by atoms with Gasteiger partial charge in [-0.2, -0.15) is 4.31 Å². The molecule has 4 nitrogen and oxygen atoms in total. The average molecular weight is 525 g/mol. The number of fused-ring (bicyclic) bond motifs is 3. The van der Waals surface area contributed by atoms with E-state index in [1.165, 1.54) is 11.1 Å². The summed E-state index contributed by atoms with van der Waals surface area (Å²) in [4.78, 5) is 3.03. The molecule has 1 unspecified atom stereocenters. The molecule has 3 aromatic carbocycles. The van der Waals surface area contributed by atoms with Crippen molar-refractivity contribution in [1.82, 2.24) is 9.21 Å². The molecule has 0 aliphatic carbocycles. The third-order valence-electron chi connectivity index (χ3n) is 7.79. The third-order valence-corrected chi connectivity index (χ3v) is 11.4. The molecule has 182 valence electrons. The summed E-state index contributed by atoms with van der Waals surface area (Å²) < 4.78 is 29.7. The number of aryl methyl sites for hydroxylation is 1. The van der Waals surface area contributed by atoms with Crippen molar-refractivity contribution in [1.29, 1.82) is 0 Å². The van der Waals surface area contributed by atoms with Gasteiger partial charge in [0.15, 0.2) is 0 Å². The van der Waals surface area contributed by atoms with Crippen LogP contribution in [0.25, 0.3) is 0 Å². The maximum absolute atomic E-state index is 13.9. The van der Waals surface area contributed by atoms with Gasteiger partial charge in [-0.1, -0.05) is 71.8 Å². The van der Waals surface area contributed by atoms with Gasteiger partial charge in [-0.25, -0.2) is 8.42 Å². The van der Waals surface area contributed by atoms with E-state index in [0.717, 1.165) is 22.8 Å². The molecule has 0 aromatic heterocycles. The number of sulfonamides is 1. The maximum Gasteiger partial charge on any atom is 0.243 e. The Morgan fingerprint density at radius 3 is 2.40 bits per heavy atom. The predicted octanol–water partition coefficient (Wildman–Crippen LogP) is 5.77. The van der Waals surface area contributed by atoms with Crippen LogP contribution < -0.4 is 0 Å². The van der Waals surface area contributed by atoms with Crippen LogP contribution in [-0.4, -0.2) is 48.0 Å². The second-order valence-corrected chi connectivity index (χ2v) is 13.4. The van der Waals surface area contributed by atoms with Crippen LogP contribution in [0.3, 0.4) is 0 Å². The number of benzene rings is 3. The number of rotatable bonds is 5. The van der Waals surface area contributed by atoms with Crippen LogP contribution in [0.1, 0.15) is 28.5 Å². The summed E-state index contributed by atoms with van der Waals surface area (Å²) in [5.41, 5.74) is 3.49. The van der Waals surface area contributed by atoms with E-state index >= 15 is 0 Å². The summed E-state index contributed by atoms with van der Waals surface area (Å²) in [5.74, 6) is 1.42. The highest BCUT2D eigenvalue weighted by Gasteiger charge is 2.58. The quantitative estimate of drug-likeness (QED) is 0.425. The smallest absolute Gasteiger partial charge is 0.243 e. The Hall–Kier alpha value is -1.83. The number of hydrogen-bond donors (Lipinski definition) is 0. The molecule has 0 spiro atoms. The lowest BCUT2D eigenvalue weighted by molar-refractivity contribution is 0.160. The minimum absolute atomic E-state index is 0.104. The van der Waals surface area contributed by atoms with Gasteiger partial charge in [0.05, 0.1) is 10.3 Å². The Labute approximate surface area is 217 Å². The van der Waals surface area contributed by atoms with Crippen molar-refractivity contribution in [2.24, 2.45) is 5.92 Å². The lowest BCUT2D eigenvalue weighted by atomic mass is 9.94. The highest BCUT2D eigenvalue weighted by Crippen LogP contribution is 2.54. The van der Waals surface area contributed by atoms with Crippen molar-refractivity contribution in [2.75, 3.05) is 12.3 Å². The van der Waals surface area contributed by atoms with Crippen LogP contribution in [0, 0.1) is 12.8 Å². The SMILES string of the molecule is Cc1ccc(S(=O)(=O)N2C[C@H]3CC4CS[C@@H](c5ccc(Cl)cc5)N4[C@H]3[C@@H]2Cc2ccccc2)cc1. The normalized spacial score (nSPS) is 28.8. The molecular formula is C28H29ClN2O2S2. The van der Waals surface area contributed by atoms with Crippen molar-refractivity contribution in [3.63, 3.8) is 0 Å². The molecule has 0 radical (unpaired) electrons. The van der Waals surface area contributed by atoms with E-state index in [1.54, 1.807) is 12.1 Å². The van der Waals surface area contributed by atoms with Crippen LogP contribution in [0.4, 0.5) is 0 Å². The van der Waals surface area contributed by atoms with Crippen molar-refractivity contribution in [2.45, 2.75) is 48.2 Å². The van der Waals surface area contributed by atoms with E-state index in [1.807, 2.05) is 65.5 Å². The fourth-order valence-corrected chi connectivity index (χ4v) is 9.58. The first-order valence-corrected chi connectivity index (χ1v) is 15.1. The zero-order valence-electron chi connectivity index (χ0n) is 19.6. The van der Waals surface area contributed by atoms with Gasteiger partial charge in [0.2, 0.25) is 10.0 Å². The molecule has 3 heterocycles. The fourth-order valence-electron chi connectivity index (χ4n) is 6.22. The minimum atomic E-state index is -3.60. The molecule has 3 aromatic rings. The second-order valence-electron chi connectivity index (χ2n) is 9.97. The Morgan fingerprint density at radius 1 is 0.971 bits per heavy atom. The molecule has 0 amide bonds. The Bertz CT molecular complexity index is 1300. The molecular weight excluding hydrogens is 496 g/mol. The van der Waals surface area contributed by atoms with Gasteiger partial charge in [0, 0.05) is 35.4 Å². The number of nitrogens with zero attached hydrogens (tertiary/aromatic N) is 2. The van der Waals surface area contributed by atoms with E-state index in [-0.39, 0.29) is 17.5 Å². The highest BCUT2D eigenvalue weighted by atomic mass is 35.5. The van der Waals surface area contributed by atoms with Gasteiger partial charge in [-0.15, -0.1) is 11.8 Å². The molecule has 0 bridgehead atoms. The molecule has 0 saturated carbocycles. The van der Waals surface area contributed by atoms with Crippen molar-refractivity contribution in [3.05, 3.63) is 101 Å². The van der Waals surface area contributed by atoms with Gasteiger partial charge >= 0.3 is 0 Å². The Kier molecular flexibility index (Phi) is 6.22. The molecule has 3 aliphatic rings. The lowest BCUT2D eigenvalue weighted by Gasteiger charge is -2.36. The zero-order chi connectivity index (χ0) is 24.2. The zero-order valence-corrected chi connectivity index (χ0v) is 22.0. The molecule has 3 saturated heterocycles. The number of thioether (sulfide) groups is 1. The third kappa shape index (κ3) is 4.23. The molecule has 7 heteroatoms. The largest absolute Gasteiger partial charge is 0.279 e. The molecule has 3 fully saturated rings. The van der Waals surface area contributed by atoms with E-state index in [0.29, 0.717) is 29.8 Å². The predicted molar refractivity (Wildman–Crippen MR) is 143 cm³/mol. The Morgan fingerprint density at radius 2 is 1.69 bits per heavy atom. The van der Waals surface area contributed by atoms with E-state index in [9.17, 15) is 8.42 Å². The molecule has 5 atom stereocenters. The first kappa shape index (κ1) is 23.6. The minimum Gasteiger partial charge on any atom is -0.279 e. The van der Waals surface area contributed by atoms with E-state index < -0.39 is 10.0 Å². The Balaban J connectivity index is 1.39. The van der Waals surface area contributed by atoms with E-state index in [2.05, 4.69) is 29.2 Å². The summed E-state index contributed by atoms with van der Waals surface area (Å²) in [6.45, 7) is 2.57. The second kappa shape index (κ2) is 9.24. The van der Waals surface area contributed by atoms with Gasteiger partial charge in [-0.3, -0.25) is 4.90 Å². The number of hydrogen-bond acceptors (Lipinski definition) is 4. The van der Waals surface area contributed by atoms with Crippen molar-refractivity contribution < 1.29 is 8.42 Å². The molecule has 6 rings (SSSR count). The van der Waals surface area contributed by atoms with Crippen LogP contribution >= 0.6 is 23.4 Å². The summed E-state index contributed by atoms with van der Waals surface area (Å²) in [5, 5.41) is 0.971. The highest BCUT2D eigenvalue weighted by molar-refractivity contribution is 7.99. The average Bonchev–Trinajstić information content (AvgIpc) is 3.51. The number of halogens is 1. The standard InChI is InChI=1S/C28H29ClN2O2S2/c1-19-7-13-25(14-8-19)35(32,33)30-17-22-16-24-18-34-28(21-9-11-23(29)12-10-21)31(24)27(22)26(30)15-20-5-3-2-4-6-20/h2-14,22,24,26-28H,15-18H2,1H3/t22-,24?,26+,27-,28+/m1/s1. The topological polar surface area (TPSA) is 40.6 Å². The fraction of sp³-hybridized carbons (Fsp3) is 0.357. The first-order valence-electron chi connectivity index (χ1n) is 12.2. The monoisotopic (exact) mass is 524 g/mol. The molecule has 35 heavy (non-hydrogen) atoms. The van der Waals surface area contributed by atoms with Gasteiger partial charge in [0.25, 0.3) is 0 Å². The molecule has 3 aliphatic heterocycles. The van der Waals surface area contributed by atoms with E-state index in [4.69, 9.17) is 11.6 Å². The lowest BCUT2D eigenvalue weighted by Crippen LogP contribution is -2.48. The summed E-state index contributed by atoms with van der Waals surface area (Å²) >= 11 is 8.15. The summed E-state index contributed by atoms with van der Waals surface area (Å²) in [6, 6.07) is 26.4. The molecule has 0 N–H and O–H groups in total. The van der Waals surface area contributed by atoms with Crippen LogP contribution in [0.5, 0.6) is 0 Å².